The molecular weight excluding hydrogens is 386 g/mol. The zero-order chi connectivity index (χ0) is 21.5. The molecule has 1 amide bonds. The van der Waals surface area contributed by atoms with E-state index in [1.54, 1.807) is 23.1 Å². The third kappa shape index (κ3) is 4.74. The average Bonchev–Trinajstić information content (AvgIpc) is 2.79. The van der Waals surface area contributed by atoms with Gasteiger partial charge in [-0.3, -0.25) is 4.79 Å². The molecule has 0 unspecified atom stereocenters. The fourth-order valence-corrected chi connectivity index (χ4v) is 3.41. The maximum atomic E-state index is 12.6. The fraction of sp³-hybridized carbons (Fsp3) is 0.304. The minimum Gasteiger partial charge on any atom is -0.493 e. The predicted octanol–water partition coefficient (Wildman–Crippen LogP) is 3.25. The van der Waals surface area contributed by atoms with E-state index in [1.165, 1.54) is 27.4 Å². The molecule has 0 bridgehead atoms. The zero-order valence-corrected chi connectivity index (χ0v) is 17.3. The molecule has 0 fully saturated rings. The van der Waals surface area contributed by atoms with Crippen molar-refractivity contribution in [3.8, 4) is 17.2 Å². The lowest BCUT2D eigenvalue weighted by Gasteiger charge is -2.29. The van der Waals surface area contributed by atoms with Gasteiger partial charge in [-0.05, 0) is 48.2 Å². The number of amides is 1. The second-order valence-corrected chi connectivity index (χ2v) is 6.68. The van der Waals surface area contributed by atoms with Gasteiger partial charge in [0.2, 0.25) is 5.75 Å². The quantitative estimate of drug-likeness (QED) is 0.514. The van der Waals surface area contributed by atoms with Crippen molar-refractivity contribution in [2.24, 2.45) is 0 Å². The standard InChI is InChI=1S/C23H25NO6/c1-27-19-13-16(14-20(28-2)23(19)29-3)10-11-22(26)30-15-21(25)24-12-6-8-17-7-4-5-9-18(17)24/h4-5,7,9-11,13-14H,6,8,12,15H2,1-3H3. The van der Waals surface area contributed by atoms with Gasteiger partial charge in [-0.25, -0.2) is 4.79 Å². The maximum Gasteiger partial charge on any atom is 0.331 e. The Morgan fingerprint density at radius 1 is 1.03 bits per heavy atom. The minimum atomic E-state index is -0.609. The number of carbonyl (C=O) groups excluding carboxylic acids is 2. The van der Waals surface area contributed by atoms with E-state index in [9.17, 15) is 9.59 Å². The lowest BCUT2D eigenvalue weighted by atomic mass is 10.0. The molecule has 0 N–H and O–H groups in total. The molecule has 1 heterocycles. The summed E-state index contributed by atoms with van der Waals surface area (Å²) in [6.07, 6.45) is 4.65. The lowest BCUT2D eigenvalue weighted by Crippen LogP contribution is -2.38. The Hall–Kier alpha value is -3.48. The number of hydrogen-bond acceptors (Lipinski definition) is 6. The number of fused-ring (bicyclic) bond motifs is 1. The molecule has 7 heteroatoms. The monoisotopic (exact) mass is 411 g/mol. The van der Waals surface area contributed by atoms with Crippen LogP contribution in [0.15, 0.2) is 42.5 Å². The smallest absolute Gasteiger partial charge is 0.331 e. The number of carbonyl (C=O) groups is 2. The Bertz CT molecular complexity index is 927. The van der Waals surface area contributed by atoms with E-state index in [2.05, 4.69) is 0 Å². The van der Waals surface area contributed by atoms with Gasteiger partial charge >= 0.3 is 5.97 Å². The Kier molecular flexibility index (Phi) is 6.95. The molecule has 158 valence electrons. The van der Waals surface area contributed by atoms with Crippen LogP contribution in [0, 0.1) is 0 Å². The first-order valence-corrected chi connectivity index (χ1v) is 9.60. The molecule has 0 radical (unpaired) electrons. The SMILES string of the molecule is COc1cc(C=CC(=O)OCC(=O)N2CCCc3ccccc32)cc(OC)c1OC. The molecule has 0 atom stereocenters. The molecule has 0 spiro atoms. The molecule has 0 aromatic heterocycles. The molecule has 2 aromatic rings. The third-order valence-corrected chi connectivity index (χ3v) is 4.85. The first kappa shape index (κ1) is 21.2. The summed E-state index contributed by atoms with van der Waals surface area (Å²) >= 11 is 0. The summed E-state index contributed by atoms with van der Waals surface area (Å²) in [7, 11) is 4.55. The number of aryl methyl sites for hydroxylation is 1. The molecule has 0 saturated heterocycles. The zero-order valence-electron chi connectivity index (χ0n) is 17.3. The van der Waals surface area contributed by atoms with Gasteiger partial charge in [0.1, 0.15) is 0 Å². The highest BCUT2D eigenvalue weighted by Gasteiger charge is 2.22. The Morgan fingerprint density at radius 2 is 1.73 bits per heavy atom. The van der Waals surface area contributed by atoms with Crippen LogP contribution in [-0.4, -0.2) is 46.4 Å². The maximum absolute atomic E-state index is 12.6. The van der Waals surface area contributed by atoms with Gasteiger partial charge in [0, 0.05) is 18.3 Å². The van der Waals surface area contributed by atoms with Gasteiger partial charge in [-0.15, -0.1) is 0 Å². The van der Waals surface area contributed by atoms with E-state index >= 15 is 0 Å². The van der Waals surface area contributed by atoms with Crippen LogP contribution in [0.4, 0.5) is 5.69 Å². The molecule has 30 heavy (non-hydrogen) atoms. The number of esters is 1. The summed E-state index contributed by atoms with van der Waals surface area (Å²) in [4.78, 5) is 26.3. The van der Waals surface area contributed by atoms with E-state index in [0.717, 1.165) is 24.1 Å². The Balaban J connectivity index is 1.63. The van der Waals surface area contributed by atoms with Crippen LogP contribution < -0.4 is 19.1 Å². The highest BCUT2D eigenvalue weighted by molar-refractivity contribution is 5.97. The van der Waals surface area contributed by atoms with Crippen molar-refractivity contribution in [1.29, 1.82) is 0 Å². The summed E-state index contributed by atoms with van der Waals surface area (Å²) < 4.78 is 21.0. The van der Waals surface area contributed by atoms with E-state index in [-0.39, 0.29) is 12.5 Å². The van der Waals surface area contributed by atoms with Crippen molar-refractivity contribution in [2.75, 3.05) is 39.4 Å². The first-order valence-electron chi connectivity index (χ1n) is 9.60. The van der Waals surface area contributed by atoms with Crippen molar-refractivity contribution in [3.05, 3.63) is 53.6 Å². The van der Waals surface area contributed by atoms with Crippen LogP contribution in [0.25, 0.3) is 6.08 Å². The third-order valence-electron chi connectivity index (χ3n) is 4.85. The number of ether oxygens (including phenoxy) is 4. The number of nitrogens with zero attached hydrogens (tertiary/aromatic N) is 1. The van der Waals surface area contributed by atoms with Crippen LogP contribution in [0.2, 0.25) is 0 Å². The van der Waals surface area contributed by atoms with Gasteiger partial charge in [-0.1, -0.05) is 18.2 Å². The number of hydrogen-bond donors (Lipinski definition) is 0. The number of para-hydroxylation sites is 1. The summed E-state index contributed by atoms with van der Waals surface area (Å²) in [6, 6.07) is 11.2. The summed E-state index contributed by atoms with van der Waals surface area (Å²) in [5.74, 6) is 0.568. The molecule has 0 aliphatic carbocycles. The van der Waals surface area contributed by atoms with Crippen molar-refractivity contribution in [2.45, 2.75) is 12.8 Å². The fourth-order valence-electron chi connectivity index (χ4n) is 3.41. The normalized spacial score (nSPS) is 13.0. The van der Waals surface area contributed by atoms with Crippen LogP contribution in [0.5, 0.6) is 17.2 Å². The van der Waals surface area contributed by atoms with Crippen molar-refractivity contribution >= 4 is 23.6 Å². The topological polar surface area (TPSA) is 74.3 Å². The Morgan fingerprint density at radius 3 is 2.40 bits per heavy atom. The summed E-state index contributed by atoms with van der Waals surface area (Å²) in [5, 5.41) is 0. The Labute approximate surface area is 175 Å². The molecule has 7 nitrogen and oxygen atoms in total. The number of methoxy groups -OCH3 is 3. The average molecular weight is 411 g/mol. The lowest BCUT2D eigenvalue weighted by molar-refractivity contribution is -0.142. The van der Waals surface area contributed by atoms with Gasteiger partial charge < -0.3 is 23.8 Å². The highest BCUT2D eigenvalue weighted by atomic mass is 16.5. The van der Waals surface area contributed by atoms with Gasteiger partial charge in [0.15, 0.2) is 18.1 Å². The van der Waals surface area contributed by atoms with E-state index in [0.29, 0.717) is 29.4 Å². The molecule has 1 aliphatic heterocycles. The van der Waals surface area contributed by atoms with Crippen molar-refractivity contribution in [3.63, 3.8) is 0 Å². The number of rotatable bonds is 7. The van der Waals surface area contributed by atoms with Gasteiger partial charge in [0.05, 0.1) is 21.3 Å². The number of anilines is 1. The molecule has 0 saturated carbocycles. The van der Waals surface area contributed by atoms with Crippen LogP contribution >= 0.6 is 0 Å². The van der Waals surface area contributed by atoms with Gasteiger partial charge in [0.25, 0.3) is 5.91 Å². The molecule has 2 aromatic carbocycles. The van der Waals surface area contributed by atoms with E-state index in [4.69, 9.17) is 18.9 Å². The van der Waals surface area contributed by atoms with E-state index in [1.807, 2.05) is 24.3 Å². The summed E-state index contributed by atoms with van der Waals surface area (Å²) in [5.41, 5.74) is 2.68. The molecule has 3 rings (SSSR count). The van der Waals surface area contributed by atoms with Crippen LogP contribution in [0.3, 0.4) is 0 Å². The molecule has 1 aliphatic rings. The van der Waals surface area contributed by atoms with Gasteiger partial charge in [-0.2, -0.15) is 0 Å². The van der Waals surface area contributed by atoms with Crippen LogP contribution in [-0.2, 0) is 20.7 Å². The first-order chi connectivity index (χ1) is 14.6. The van der Waals surface area contributed by atoms with Crippen molar-refractivity contribution in [1.82, 2.24) is 0 Å². The van der Waals surface area contributed by atoms with E-state index < -0.39 is 5.97 Å². The number of benzene rings is 2. The second kappa shape index (κ2) is 9.82. The molecular formula is C23H25NO6. The summed E-state index contributed by atoms with van der Waals surface area (Å²) in [6.45, 7) is 0.307. The minimum absolute atomic E-state index is 0.239. The predicted molar refractivity (Wildman–Crippen MR) is 113 cm³/mol. The highest BCUT2D eigenvalue weighted by Crippen LogP contribution is 2.38. The largest absolute Gasteiger partial charge is 0.493 e. The second-order valence-electron chi connectivity index (χ2n) is 6.68. The van der Waals surface area contributed by atoms with Crippen molar-refractivity contribution < 1.29 is 28.5 Å². The van der Waals surface area contributed by atoms with Crippen LogP contribution in [0.1, 0.15) is 17.5 Å².